The van der Waals surface area contributed by atoms with Crippen molar-refractivity contribution in [3.05, 3.63) is 28.5 Å². The third-order valence-corrected chi connectivity index (χ3v) is 8.95. The number of halogens is 5. The number of hydrogen-bond acceptors (Lipinski definition) is 8. The average Bonchev–Trinajstić information content (AvgIpc) is 3.64. The van der Waals surface area contributed by atoms with E-state index >= 15 is 4.39 Å². The number of benzene rings is 1. The molecule has 0 bridgehead atoms. The predicted molar refractivity (Wildman–Crippen MR) is 155 cm³/mol. The second-order valence-corrected chi connectivity index (χ2v) is 11.9. The van der Waals surface area contributed by atoms with E-state index in [1.165, 1.54) is 37.0 Å². The van der Waals surface area contributed by atoms with E-state index in [0.29, 0.717) is 35.2 Å². The number of phenolic OH excluding ortho intramolecular Hbond substituents is 1. The first-order valence-electron chi connectivity index (χ1n) is 14.7. The Bertz CT molecular complexity index is 1500. The Balaban J connectivity index is 0.000000310. The van der Waals surface area contributed by atoms with Crippen molar-refractivity contribution >= 4 is 28.3 Å². The van der Waals surface area contributed by atoms with Crippen molar-refractivity contribution < 1.29 is 32.1 Å². The van der Waals surface area contributed by atoms with Gasteiger partial charge in [0.1, 0.15) is 40.9 Å². The maximum absolute atomic E-state index is 16.1. The molecule has 0 amide bonds. The van der Waals surface area contributed by atoms with Gasteiger partial charge in [0, 0.05) is 23.2 Å². The standard InChI is InChI=1S/C23H22ClF3N4O3.C7H12FN/c1-3-11-9-34-22-17-20(29-23(33-2)30-21(17)31(11)8-15(25)26)18(27)19(28-22)13-6-12(32)7-14(24)16(13)10-4-5-10;8-6-4-7-2-1-3-9(7)5-6/h6-7,10-11,15,32H,3-5,8-9H2,1-2H3;6-7H,1-5H2/t11-;/m0./s1. The Labute approximate surface area is 252 Å². The molecule has 1 N–H and O–H groups in total. The number of aromatic nitrogens is 3. The minimum atomic E-state index is -2.65. The number of ether oxygens (including phenoxy) is 2. The summed E-state index contributed by atoms with van der Waals surface area (Å²) in [6.07, 6.45) is 2.42. The second kappa shape index (κ2) is 12.1. The van der Waals surface area contributed by atoms with E-state index < -0.39 is 31.0 Å². The van der Waals surface area contributed by atoms with Gasteiger partial charge in [0.2, 0.25) is 5.88 Å². The number of phenols is 1. The van der Waals surface area contributed by atoms with Crippen LogP contribution in [0.15, 0.2) is 12.1 Å². The Hall–Kier alpha value is -3.12. The van der Waals surface area contributed by atoms with Gasteiger partial charge in [-0.2, -0.15) is 9.97 Å². The van der Waals surface area contributed by atoms with Crippen molar-refractivity contribution in [2.45, 2.75) is 76.0 Å². The van der Waals surface area contributed by atoms with E-state index in [1.54, 1.807) is 0 Å². The number of pyridine rings is 1. The van der Waals surface area contributed by atoms with Gasteiger partial charge in [-0.15, -0.1) is 0 Å². The number of hydrogen-bond donors (Lipinski definition) is 1. The molecule has 4 aliphatic rings. The van der Waals surface area contributed by atoms with Crippen LogP contribution in [-0.2, 0) is 0 Å². The van der Waals surface area contributed by atoms with Crippen LogP contribution in [0.3, 0.4) is 0 Å². The van der Waals surface area contributed by atoms with Crippen molar-refractivity contribution in [1.82, 2.24) is 19.9 Å². The van der Waals surface area contributed by atoms with Crippen LogP contribution in [0.1, 0.15) is 56.9 Å². The van der Waals surface area contributed by atoms with Gasteiger partial charge in [-0.1, -0.05) is 18.5 Å². The molecule has 232 valence electrons. The first kappa shape index (κ1) is 29.9. The number of anilines is 1. The molecule has 7 rings (SSSR count). The lowest BCUT2D eigenvalue weighted by Crippen LogP contribution is -2.41. The number of methoxy groups -OCH3 is 1. The maximum atomic E-state index is 16.1. The Morgan fingerprint density at radius 2 is 1.98 bits per heavy atom. The van der Waals surface area contributed by atoms with Crippen molar-refractivity contribution in [2.75, 3.05) is 38.3 Å². The third kappa shape index (κ3) is 5.87. The summed E-state index contributed by atoms with van der Waals surface area (Å²) in [4.78, 5) is 16.6. The quantitative estimate of drug-likeness (QED) is 0.311. The molecule has 1 aliphatic carbocycles. The molecule has 3 atom stereocenters. The van der Waals surface area contributed by atoms with Crippen LogP contribution in [0.2, 0.25) is 5.02 Å². The summed E-state index contributed by atoms with van der Waals surface area (Å²) < 4.78 is 66.7. The lowest BCUT2D eigenvalue weighted by molar-refractivity contribution is 0.148. The lowest BCUT2D eigenvalue weighted by atomic mass is 9.98. The van der Waals surface area contributed by atoms with E-state index in [-0.39, 0.29) is 52.6 Å². The molecule has 1 aromatic carbocycles. The highest BCUT2D eigenvalue weighted by atomic mass is 35.5. The largest absolute Gasteiger partial charge is 0.508 e. The van der Waals surface area contributed by atoms with Crippen LogP contribution in [-0.4, -0.2) is 83.0 Å². The van der Waals surface area contributed by atoms with Crippen LogP contribution in [0.25, 0.3) is 22.2 Å². The SMILES string of the molecule is CC[C@H]1COc2nc(-c3cc(O)cc(Cl)c3C3CC3)c(F)c3nc(OC)nc(c23)N1CC(F)F.FC1CC2CCCN2C1. The predicted octanol–water partition coefficient (Wildman–Crippen LogP) is 6.51. The molecule has 2 aromatic heterocycles. The van der Waals surface area contributed by atoms with Gasteiger partial charge in [0.05, 0.1) is 19.7 Å². The van der Waals surface area contributed by atoms with Gasteiger partial charge >= 0.3 is 6.01 Å². The van der Waals surface area contributed by atoms with E-state index in [9.17, 15) is 18.3 Å². The molecule has 0 spiro atoms. The Morgan fingerprint density at radius 3 is 2.65 bits per heavy atom. The number of nitrogens with zero attached hydrogens (tertiary/aromatic N) is 5. The molecule has 5 heterocycles. The van der Waals surface area contributed by atoms with Crippen LogP contribution in [0.5, 0.6) is 17.6 Å². The summed E-state index contributed by atoms with van der Waals surface area (Å²) in [5.41, 5.74) is 0.771. The third-order valence-electron chi connectivity index (χ3n) is 8.64. The highest BCUT2D eigenvalue weighted by Crippen LogP contribution is 2.50. The first-order valence-corrected chi connectivity index (χ1v) is 15.1. The highest BCUT2D eigenvalue weighted by molar-refractivity contribution is 6.32. The summed E-state index contributed by atoms with van der Waals surface area (Å²) in [5.74, 6) is -0.703. The lowest BCUT2D eigenvalue weighted by Gasteiger charge is -2.30. The van der Waals surface area contributed by atoms with Gasteiger partial charge in [-0.25, -0.2) is 22.5 Å². The highest BCUT2D eigenvalue weighted by Gasteiger charge is 2.36. The van der Waals surface area contributed by atoms with Gasteiger partial charge in [0.25, 0.3) is 6.43 Å². The number of rotatable bonds is 6. The number of fused-ring (bicyclic) bond motifs is 1. The second-order valence-electron chi connectivity index (χ2n) is 11.5. The molecule has 2 unspecified atom stereocenters. The Morgan fingerprint density at radius 1 is 1.19 bits per heavy atom. The van der Waals surface area contributed by atoms with Crippen LogP contribution >= 0.6 is 11.6 Å². The van der Waals surface area contributed by atoms with Gasteiger partial charge in [0.15, 0.2) is 5.82 Å². The van der Waals surface area contributed by atoms with Crippen LogP contribution in [0, 0.1) is 5.82 Å². The van der Waals surface area contributed by atoms with Crippen molar-refractivity contribution in [3.8, 4) is 28.9 Å². The normalized spacial score (nSPS) is 23.2. The fraction of sp³-hybridized carbons (Fsp3) is 0.567. The number of alkyl halides is 3. The first-order chi connectivity index (χ1) is 20.7. The summed E-state index contributed by atoms with van der Waals surface area (Å²) >= 11 is 6.41. The van der Waals surface area contributed by atoms with Crippen molar-refractivity contribution in [2.24, 2.45) is 0 Å². The average molecular weight is 624 g/mol. The fourth-order valence-electron chi connectivity index (χ4n) is 6.46. The summed E-state index contributed by atoms with van der Waals surface area (Å²) in [6.45, 7) is 3.13. The minimum absolute atomic E-state index is 0.0282. The molecular formula is C30H34ClF4N5O3. The van der Waals surface area contributed by atoms with E-state index in [0.717, 1.165) is 25.8 Å². The molecule has 0 radical (unpaired) electrons. The minimum Gasteiger partial charge on any atom is -0.508 e. The smallest absolute Gasteiger partial charge is 0.318 e. The summed E-state index contributed by atoms with van der Waals surface area (Å²) in [7, 11) is 1.32. The zero-order valence-corrected chi connectivity index (χ0v) is 24.8. The fourth-order valence-corrected chi connectivity index (χ4v) is 6.83. The Kier molecular flexibility index (Phi) is 8.43. The number of aromatic hydroxyl groups is 1. The molecule has 3 aromatic rings. The molecule has 13 heteroatoms. The summed E-state index contributed by atoms with van der Waals surface area (Å²) in [6, 6.07) is 2.82. The van der Waals surface area contributed by atoms with E-state index in [1.807, 2.05) is 6.92 Å². The molecule has 1 saturated carbocycles. The van der Waals surface area contributed by atoms with Crippen molar-refractivity contribution in [1.29, 1.82) is 0 Å². The molecular weight excluding hydrogens is 590 g/mol. The van der Waals surface area contributed by atoms with Crippen LogP contribution < -0.4 is 14.4 Å². The molecule has 3 fully saturated rings. The maximum Gasteiger partial charge on any atom is 0.318 e. The molecule has 8 nitrogen and oxygen atoms in total. The van der Waals surface area contributed by atoms with Gasteiger partial charge < -0.3 is 19.5 Å². The zero-order chi connectivity index (χ0) is 30.4. The molecule has 3 aliphatic heterocycles. The van der Waals surface area contributed by atoms with Gasteiger partial charge in [-0.05, 0) is 68.7 Å². The monoisotopic (exact) mass is 623 g/mol. The molecule has 2 saturated heterocycles. The summed E-state index contributed by atoms with van der Waals surface area (Å²) in [5, 5.41) is 10.6. The van der Waals surface area contributed by atoms with E-state index in [2.05, 4.69) is 19.9 Å². The van der Waals surface area contributed by atoms with Gasteiger partial charge in [-0.3, -0.25) is 4.90 Å². The molecule has 43 heavy (non-hydrogen) atoms. The van der Waals surface area contributed by atoms with Crippen molar-refractivity contribution in [3.63, 3.8) is 0 Å². The zero-order valence-electron chi connectivity index (χ0n) is 24.0. The topological polar surface area (TPSA) is 83.8 Å². The van der Waals surface area contributed by atoms with Crippen LogP contribution in [0.4, 0.5) is 23.4 Å². The van der Waals surface area contributed by atoms with E-state index in [4.69, 9.17) is 21.1 Å².